The predicted molar refractivity (Wildman–Crippen MR) is 65.8 cm³/mol. The zero-order valence-corrected chi connectivity index (χ0v) is 9.93. The second-order valence-corrected chi connectivity index (χ2v) is 3.36. The van der Waals surface area contributed by atoms with Crippen LogP contribution in [0.5, 0.6) is 0 Å². The number of nitrogens with one attached hydrogen (secondary N) is 1. The second kappa shape index (κ2) is 7.89. The molecule has 1 amide bonds. The summed E-state index contributed by atoms with van der Waals surface area (Å²) in [5.74, 6) is -0.519. The summed E-state index contributed by atoms with van der Waals surface area (Å²) in [7, 11) is 0. The lowest BCUT2D eigenvalue weighted by Gasteiger charge is -2.07. The fourth-order valence-electron chi connectivity index (χ4n) is 1.14. The smallest absolute Gasteiger partial charge is 0.407 e. The van der Waals surface area contributed by atoms with Gasteiger partial charge in [0, 0.05) is 6.08 Å². The van der Waals surface area contributed by atoms with Crippen LogP contribution < -0.4 is 5.32 Å². The molecule has 1 N–H and O–H groups in total. The molecule has 0 fully saturated rings. The van der Waals surface area contributed by atoms with Crippen LogP contribution in [0.2, 0.25) is 0 Å². The molecule has 0 saturated heterocycles. The highest BCUT2D eigenvalue weighted by Gasteiger charge is 2.02. The van der Waals surface area contributed by atoms with Crippen LogP contribution in [0.25, 0.3) is 0 Å². The van der Waals surface area contributed by atoms with Gasteiger partial charge >= 0.3 is 12.1 Å². The second-order valence-electron chi connectivity index (χ2n) is 3.36. The number of ether oxygens (including phenoxy) is 2. The van der Waals surface area contributed by atoms with Gasteiger partial charge in [-0.3, -0.25) is 0 Å². The molecule has 1 aromatic rings. The molecular weight excluding hydrogens is 234 g/mol. The third kappa shape index (κ3) is 5.69. The van der Waals surface area contributed by atoms with Crippen LogP contribution in [0.15, 0.2) is 43.0 Å². The first-order valence-electron chi connectivity index (χ1n) is 5.46. The SMILES string of the molecule is C=CC(=O)OCCNC(=O)OCc1ccccc1. The predicted octanol–water partition coefficient (Wildman–Crippen LogP) is 1.64. The average Bonchev–Trinajstić information content (AvgIpc) is 2.42. The first-order valence-corrected chi connectivity index (χ1v) is 5.46. The lowest BCUT2D eigenvalue weighted by Crippen LogP contribution is -2.28. The Kier molecular flexibility index (Phi) is 6.03. The van der Waals surface area contributed by atoms with Gasteiger partial charge < -0.3 is 14.8 Å². The molecule has 0 saturated carbocycles. The van der Waals surface area contributed by atoms with E-state index in [1.807, 2.05) is 30.3 Å². The zero-order chi connectivity index (χ0) is 13.2. The third-order valence-corrected chi connectivity index (χ3v) is 2.00. The zero-order valence-electron chi connectivity index (χ0n) is 9.93. The summed E-state index contributed by atoms with van der Waals surface area (Å²) in [6.07, 6.45) is 0.516. The van der Waals surface area contributed by atoms with Gasteiger partial charge in [0.2, 0.25) is 0 Å². The lowest BCUT2D eigenvalue weighted by atomic mass is 10.2. The van der Waals surface area contributed by atoms with Crippen molar-refractivity contribution in [1.29, 1.82) is 0 Å². The van der Waals surface area contributed by atoms with Gasteiger partial charge in [-0.25, -0.2) is 9.59 Å². The summed E-state index contributed by atoms with van der Waals surface area (Å²) < 4.78 is 9.63. The number of hydrogen-bond acceptors (Lipinski definition) is 4. The van der Waals surface area contributed by atoms with Gasteiger partial charge in [-0.05, 0) is 5.56 Å². The molecule has 0 atom stereocenters. The van der Waals surface area contributed by atoms with Crippen molar-refractivity contribution < 1.29 is 19.1 Å². The van der Waals surface area contributed by atoms with E-state index in [9.17, 15) is 9.59 Å². The fourth-order valence-corrected chi connectivity index (χ4v) is 1.14. The van der Waals surface area contributed by atoms with E-state index in [1.54, 1.807) is 0 Å². The topological polar surface area (TPSA) is 64.6 Å². The van der Waals surface area contributed by atoms with Gasteiger partial charge in [-0.2, -0.15) is 0 Å². The number of esters is 1. The molecule has 5 nitrogen and oxygen atoms in total. The molecule has 1 aromatic carbocycles. The molecule has 18 heavy (non-hydrogen) atoms. The van der Waals surface area contributed by atoms with Crippen molar-refractivity contribution in [3.8, 4) is 0 Å². The van der Waals surface area contributed by atoms with Crippen molar-refractivity contribution in [1.82, 2.24) is 5.32 Å². The summed E-state index contributed by atoms with van der Waals surface area (Å²) in [4.78, 5) is 21.9. The standard InChI is InChI=1S/C13H15NO4/c1-2-12(15)17-9-8-14-13(16)18-10-11-6-4-3-5-7-11/h2-7H,1,8-10H2,(H,14,16). The molecule has 0 aromatic heterocycles. The summed E-state index contributed by atoms with van der Waals surface area (Å²) in [6, 6.07) is 9.34. The number of benzene rings is 1. The van der Waals surface area contributed by atoms with E-state index in [-0.39, 0.29) is 19.8 Å². The van der Waals surface area contributed by atoms with E-state index >= 15 is 0 Å². The Morgan fingerprint density at radius 2 is 1.94 bits per heavy atom. The molecule has 5 heteroatoms. The molecule has 0 bridgehead atoms. The molecule has 1 rings (SSSR count). The molecule has 0 aliphatic rings. The molecule has 0 radical (unpaired) electrons. The van der Waals surface area contributed by atoms with Crippen LogP contribution in [0.3, 0.4) is 0 Å². The van der Waals surface area contributed by atoms with E-state index in [0.717, 1.165) is 11.6 Å². The number of rotatable bonds is 6. The van der Waals surface area contributed by atoms with Crippen molar-refractivity contribution >= 4 is 12.1 Å². The third-order valence-electron chi connectivity index (χ3n) is 2.00. The normalized spacial score (nSPS) is 9.33. The Balaban J connectivity index is 2.11. The van der Waals surface area contributed by atoms with Crippen LogP contribution in [-0.2, 0) is 20.9 Å². The number of alkyl carbamates (subject to hydrolysis) is 1. The first-order chi connectivity index (χ1) is 8.72. The maximum absolute atomic E-state index is 11.2. The van der Waals surface area contributed by atoms with Crippen LogP contribution >= 0.6 is 0 Å². The minimum atomic E-state index is -0.548. The first kappa shape index (κ1) is 13.8. The Hall–Kier alpha value is -2.30. The van der Waals surface area contributed by atoms with Gasteiger partial charge in [-0.15, -0.1) is 0 Å². The largest absolute Gasteiger partial charge is 0.461 e. The minimum Gasteiger partial charge on any atom is -0.461 e. The van der Waals surface area contributed by atoms with Crippen molar-refractivity contribution in [3.05, 3.63) is 48.6 Å². The van der Waals surface area contributed by atoms with Crippen LogP contribution in [0.1, 0.15) is 5.56 Å². The molecule has 0 spiro atoms. The molecule has 96 valence electrons. The number of hydrogen-bond donors (Lipinski definition) is 1. The minimum absolute atomic E-state index is 0.0886. The number of carbonyl (C=O) groups is 2. The van der Waals surface area contributed by atoms with Crippen LogP contribution in [0, 0.1) is 0 Å². The Bertz CT molecular complexity index is 403. The van der Waals surface area contributed by atoms with E-state index in [0.29, 0.717) is 0 Å². The summed E-state index contributed by atoms with van der Waals surface area (Å²) >= 11 is 0. The van der Waals surface area contributed by atoms with Crippen LogP contribution in [0.4, 0.5) is 4.79 Å². The Morgan fingerprint density at radius 1 is 1.22 bits per heavy atom. The molecule has 0 aliphatic heterocycles. The van der Waals surface area contributed by atoms with Crippen molar-refractivity contribution in [2.75, 3.05) is 13.2 Å². The summed E-state index contributed by atoms with van der Waals surface area (Å²) in [5, 5.41) is 2.46. The molecular formula is C13H15NO4. The lowest BCUT2D eigenvalue weighted by molar-refractivity contribution is -0.137. The van der Waals surface area contributed by atoms with E-state index < -0.39 is 12.1 Å². The number of amides is 1. The van der Waals surface area contributed by atoms with Gasteiger partial charge in [0.25, 0.3) is 0 Å². The van der Waals surface area contributed by atoms with Crippen molar-refractivity contribution in [2.45, 2.75) is 6.61 Å². The number of carbonyl (C=O) groups excluding carboxylic acids is 2. The Morgan fingerprint density at radius 3 is 2.61 bits per heavy atom. The van der Waals surface area contributed by atoms with Gasteiger partial charge in [-0.1, -0.05) is 36.9 Å². The van der Waals surface area contributed by atoms with Gasteiger partial charge in [0.15, 0.2) is 0 Å². The highest BCUT2D eigenvalue weighted by atomic mass is 16.6. The van der Waals surface area contributed by atoms with Crippen molar-refractivity contribution in [3.63, 3.8) is 0 Å². The fraction of sp³-hybridized carbons (Fsp3) is 0.231. The maximum atomic E-state index is 11.2. The average molecular weight is 249 g/mol. The summed E-state index contributed by atoms with van der Waals surface area (Å²) in [6.45, 7) is 3.75. The summed E-state index contributed by atoms with van der Waals surface area (Å²) in [5.41, 5.74) is 0.908. The quantitative estimate of drug-likeness (QED) is 0.473. The molecule has 0 aliphatic carbocycles. The van der Waals surface area contributed by atoms with E-state index in [4.69, 9.17) is 4.74 Å². The van der Waals surface area contributed by atoms with Crippen LogP contribution in [-0.4, -0.2) is 25.2 Å². The van der Waals surface area contributed by atoms with Crippen molar-refractivity contribution in [2.24, 2.45) is 0 Å². The van der Waals surface area contributed by atoms with Gasteiger partial charge in [0.05, 0.1) is 6.54 Å². The monoisotopic (exact) mass is 249 g/mol. The molecule has 0 unspecified atom stereocenters. The Labute approximate surface area is 105 Å². The molecule has 0 heterocycles. The van der Waals surface area contributed by atoms with E-state index in [2.05, 4.69) is 16.6 Å². The van der Waals surface area contributed by atoms with E-state index in [1.165, 1.54) is 0 Å². The van der Waals surface area contributed by atoms with Gasteiger partial charge in [0.1, 0.15) is 13.2 Å². The highest BCUT2D eigenvalue weighted by molar-refractivity contribution is 5.81. The maximum Gasteiger partial charge on any atom is 0.407 e. The highest BCUT2D eigenvalue weighted by Crippen LogP contribution is 2.00.